The van der Waals surface area contributed by atoms with E-state index >= 15 is 0 Å². The maximum absolute atomic E-state index is 12.4. The van der Waals surface area contributed by atoms with Gasteiger partial charge in [0.25, 0.3) is 10.0 Å². The molecule has 1 atom stereocenters. The molecule has 1 rings (SSSR count). The molecular formula is C10H14F2N2O2S. The van der Waals surface area contributed by atoms with Crippen molar-refractivity contribution in [3.05, 3.63) is 29.8 Å². The Morgan fingerprint density at radius 1 is 1.35 bits per heavy atom. The Labute approximate surface area is 99.1 Å². The van der Waals surface area contributed by atoms with Crippen LogP contribution in [0, 0.1) is 0 Å². The summed E-state index contributed by atoms with van der Waals surface area (Å²) in [6, 6.07) is 5.78. The second-order valence-electron chi connectivity index (χ2n) is 3.67. The highest BCUT2D eigenvalue weighted by Crippen LogP contribution is 2.25. The Morgan fingerprint density at radius 2 is 1.94 bits per heavy atom. The van der Waals surface area contributed by atoms with Crippen LogP contribution in [0.5, 0.6) is 0 Å². The van der Waals surface area contributed by atoms with Crippen molar-refractivity contribution in [2.24, 2.45) is 0 Å². The molecule has 17 heavy (non-hydrogen) atoms. The lowest BCUT2D eigenvalue weighted by Gasteiger charge is -2.24. The quantitative estimate of drug-likeness (QED) is 0.844. The summed E-state index contributed by atoms with van der Waals surface area (Å²) in [6.07, 6.45) is 0. The van der Waals surface area contributed by atoms with Gasteiger partial charge < -0.3 is 5.73 Å². The van der Waals surface area contributed by atoms with Crippen LogP contribution >= 0.6 is 0 Å². The van der Waals surface area contributed by atoms with Gasteiger partial charge in [-0.2, -0.15) is 13.1 Å². The number of halogens is 2. The summed E-state index contributed by atoms with van der Waals surface area (Å²) in [4.78, 5) is 0. The fraction of sp³-hybridized carbons (Fsp3) is 0.400. The molecule has 0 aliphatic rings. The molecule has 0 radical (unpaired) electrons. The summed E-state index contributed by atoms with van der Waals surface area (Å²) in [5, 5.41) is 0. The van der Waals surface area contributed by atoms with Crippen molar-refractivity contribution in [2.75, 3.05) is 12.8 Å². The van der Waals surface area contributed by atoms with Crippen LogP contribution in [0.15, 0.2) is 24.3 Å². The number of rotatable bonds is 4. The van der Waals surface area contributed by atoms with Crippen LogP contribution in [-0.4, -0.2) is 25.5 Å². The maximum Gasteiger partial charge on any atom is 0.350 e. The Hall–Kier alpha value is -1.21. The summed E-state index contributed by atoms with van der Waals surface area (Å²) in [5.74, 6) is -3.42. The third kappa shape index (κ3) is 2.92. The van der Waals surface area contributed by atoms with Crippen molar-refractivity contribution in [1.29, 1.82) is 0 Å². The van der Waals surface area contributed by atoms with Crippen molar-refractivity contribution < 1.29 is 17.2 Å². The molecule has 0 heterocycles. The van der Waals surface area contributed by atoms with Gasteiger partial charge in [-0.1, -0.05) is 12.1 Å². The number of anilines is 1. The Bertz CT molecular complexity index is 491. The third-order valence-corrected chi connectivity index (χ3v) is 4.13. The molecule has 0 amide bonds. The van der Waals surface area contributed by atoms with E-state index in [1.165, 1.54) is 6.92 Å². The van der Waals surface area contributed by atoms with Gasteiger partial charge in [-0.25, -0.2) is 8.42 Å². The van der Waals surface area contributed by atoms with E-state index in [1.807, 2.05) is 0 Å². The summed E-state index contributed by atoms with van der Waals surface area (Å²) < 4.78 is 47.9. The van der Waals surface area contributed by atoms with E-state index in [9.17, 15) is 17.2 Å². The van der Waals surface area contributed by atoms with Gasteiger partial charge in [-0.05, 0) is 24.6 Å². The fourth-order valence-corrected chi connectivity index (χ4v) is 2.19. The van der Waals surface area contributed by atoms with Crippen molar-refractivity contribution in [1.82, 2.24) is 4.31 Å². The average molecular weight is 264 g/mol. The zero-order valence-electron chi connectivity index (χ0n) is 9.47. The minimum absolute atomic E-state index is 0.456. The summed E-state index contributed by atoms with van der Waals surface area (Å²) in [7, 11) is -3.46. The summed E-state index contributed by atoms with van der Waals surface area (Å²) >= 11 is 0. The highest BCUT2D eigenvalue weighted by atomic mass is 32.2. The maximum atomic E-state index is 12.4. The second kappa shape index (κ2) is 4.97. The number of nitrogens with two attached hydrogens (primary N) is 1. The van der Waals surface area contributed by atoms with Crippen molar-refractivity contribution in [2.45, 2.75) is 18.7 Å². The average Bonchev–Trinajstić information content (AvgIpc) is 2.26. The van der Waals surface area contributed by atoms with Crippen LogP contribution in [0.25, 0.3) is 0 Å². The van der Waals surface area contributed by atoms with E-state index in [0.717, 1.165) is 7.05 Å². The standard InChI is InChI=1S/C10H14F2N2O2S/c1-7(8-4-3-5-9(13)6-8)14(2)17(15,16)10(11)12/h3-7,10H,13H2,1-2H3. The molecule has 0 spiro atoms. The highest BCUT2D eigenvalue weighted by Gasteiger charge is 2.32. The summed E-state index contributed by atoms with van der Waals surface area (Å²) in [5.41, 5.74) is 6.57. The van der Waals surface area contributed by atoms with E-state index in [1.54, 1.807) is 24.3 Å². The minimum atomic E-state index is -4.58. The number of nitrogens with zero attached hydrogens (tertiary/aromatic N) is 1. The van der Waals surface area contributed by atoms with Crippen molar-refractivity contribution >= 4 is 15.7 Å². The minimum Gasteiger partial charge on any atom is -0.399 e. The molecule has 0 fully saturated rings. The van der Waals surface area contributed by atoms with Gasteiger partial charge in [0.15, 0.2) is 0 Å². The molecule has 7 heteroatoms. The number of hydrogen-bond acceptors (Lipinski definition) is 3. The molecule has 0 aromatic heterocycles. The Balaban J connectivity index is 3.02. The van der Waals surface area contributed by atoms with Gasteiger partial charge in [0.1, 0.15) is 0 Å². The van der Waals surface area contributed by atoms with E-state index < -0.39 is 21.8 Å². The van der Waals surface area contributed by atoms with E-state index in [0.29, 0.717) is 15.6 Å². The molecule has 0 bridgehead atoms. The van der Waals surface area contributed by atoms with Gasteiger partial charge in [-0.3, -0.25) is 0 Å². The fourth-order valence-electron chi connectivity index (χ4n) is 1.37. The van der Waals surface area contributed by atoms with Crippen LogP contribution in [0.4, 0.5) is 14.5 Å². The molecule has 2 N–H and O–H groups in total. The smallest absolute Gasteiger partial charge is 0.350 e. The number of benzene rings is 1. The molecular weight excluding hydrogens is 250 g/mol. The topological polar surface area (TPSA) is 63.4 Å². The molecule has 0 saturated heterocycles. The lowest BCUT2D eigenvalue weighted by molar-refractivity contribution is 0.217. The van der Waals surface area contributed by atoms with E-state index in [4.69, 9.17) is 5.73 Å². The first-order chi connectivity index (χ1) is 7.76. The number of hydrogen-bond donors (Lipinski definition) is 1. The van der Waals surface area contributed by atoms with Crippen LogP contribution < -0.4 is 5.73 Å². The van der Waals surface area contributed by atoms with Gasteiger partial charge in [0, 0.05) is 18.8 Å². The number of nitrogen functional groups attached to an aromatic ring is 1. The zero-order valence-corrected chi connectivity index (χ0v) is 10.3. The normalized spacial score (nSPS) is 14.2. The molecule has 0 aliphatic carbocycles. The lowest BCUT2D eigenvalue weighted by Crippen LogP contribution is -2.34. The van der Waals surface area contributed by atoms with Crippen molar-refractivity contribution in [3.8, 4) is 0 Å². The number of alkyl halides is 2. The second-order valence-corrected chi connectivity index (χ2v) is 5.63. The van der Waals surface area contributed by atoms with Crippen LogP contribution in [0.2, 0.25) is 0 Å². The predicted molar refractivity (Wildman–Crippen MR) is 62.0 cm³/mol. The monoisotopic (exact) mass is 264 g/mol. The van der Waals surface area contributed by atoms with E-state index in [-0.39, 0.29) is 0 Å². The Kier molecular flexibility index (Phi) is 4.05. The van der Waals surface area contributed by atoms with Crippen LogP contribution in [0.1, 0.15) is 18.5 Å². The third-order valence-electron chi connectivity index (χ3n) is 2.57. The van der Waals surface area contributed by atoms with Crippen LogP contribution in [0.3, 0.4) is 0 Å². The SMILES string of the molecule is CC(c1cccc(N)c1)N(C)S(=O)(=O)C(F)F. The molecule has 0 saturated carbocycles. The van der Waals surface area contributed by atoms with Gasteiger partial charge >= 0.3 is 5.76 Å². The first kappa shape index (κ1) is 13.9. The highest BCUT2D eigenvalue weighted by molar-refractivity contribution is 7.89. The van der Waals surface area contributed by atoms with E-state index in [2.05, 4.69) is 0 Å². The number of sulfonamides is 1. The van der Waals surface area contributed by atoms with Crippen LogP contribution in [-0.2, 0) is 10.0 Å². The zero-order chi connectivity index (χ0) is 13.2. The largest absolute Gasteiger partial charge is 0.399 e. The molecule has 96 valence electrons. The Morgan fingerprint density at radius 3 is 2.41 bits per heavy atom. The van der Waals surface area contributed by atoms with Crippen molar-refractivity contribution in [3.63, 3.8) is 0 Å². The summed E-state index contributed by atoms with van der Waals surface area (Å²) in [6.45, 7) is 1.52. The molecule has 1 unspecified atom stereocenters. The first-order valence-corrected chi connectivity index (χ1v) is 6.37. The first-order valence-electron chi connectivity index (χ1n) is 4.87. The van der Waals surface area contributed by atoms with Gasteiger partial charge in [-0.15, -0.1) is 0 Å². The van der Waals surface area contributed by atoms with Gasteiger partial charge in [0.05, 0.1) is 0 Å². The molecule has 0 aliphatic heterocycles. The molecule has 1 aromatic carbocycles. The molecule has 4 nitrogen and oxygen atoms in total. The molecule has 1 aromatic rings. The lowest BCUT2D eigenvalue weighted by atomic mass is 10.1. The van der Waals surface area contributed by atoms with Gasteiger partial charge in [0.2, 0.25) is 0 Å². The predicted octanol–water partition coefficient (Wildman–Crippen LogP) is 1.81.